The number of pyridine rings is 1. The molecule has 0 amide bonds. The van der Waals surface area contributed by atoms with Gasteiger partial charge in [0.1, 0.15) is 5.03 Å². The van der Waals surface area contributed by atoms with E-state index in [0.717, 1.165) is 24.5 Å². The van der Waals surface area contributed by atoms with Crippen molar-refractivity contribution in [3.63, 3.8) is 0 Å². The first-order chi connectivity index (χ1) is 9.69. The molecule has 0 spiro atoms. The molecule has 2 aromatic rings. The third kappa shape index (κ3) is 4.36. The molecule has 0 saturated heterocycles. The molecule has 20 heavy (non-hydrogen) atoms. The van der Waals surface area contributed by atoms with Crippen LogP contribution in [0.2, 0.25) is 0 Å². The number of aromatic nitrogens is 1. The molecule has 0 unspecified atom stereocenters. The molecule has 0 aliphatic carbocycles. The zero-order valence-electron chi connectivity index (χ0n) is 12.4. The summed E-state index contributed by atoms with van der Waals surface area (Å²) >= 11 is 1.72. The highest BCUT2D eigenvalue weighted by atomic mass is 32.2. The SMILES string of the molecule is CCCNCc1ccc(Sc2ccc(C)c(C)c2)nc1. The predicted molar refractivity (Wildman–Crippen MR) is 86.3 cm³/mol. The van der Waals surface area contributed by atoms with Crippen molar-refractivity contribution in [2.75, 3.05) is 6.54 Å². The number of hydrogen-bond acceptors (Lipinski definition) is 3. The monoisotopic (exact) mass is 286 g/mol. The Balaban J connectivity index is 1.97. The second-order valence-corrected chi connectivity index (χ2v) is 6.12. The Hall–Kier alpha value is -1.32. The first kappa shape index (κ1) is 15.1. The maximum atomic E-state index is 4.53. The molecule has 1 N–H and O–H groups in total. The fraction of sp³-hybridized carbons (Fsp3) is 0.353. The Morgan fingerprint density at radius 3 is 2.60 bits per heavy atom. The smallest absolute Gasteiger partial charge is 0.101 e. The molecule has 3 heteroatoms. The van der Waals surface area contributed by atoms with Gasteiger partial charge in [-0.1, -0.05) is 30.8 Å². The standard InChI is InChI=1S/C17H22N2S/c1-4-9-18-11-15-6-8-17(19-12-15)20-16-7-5-13(2)14(3)10-16/h5-8,10,12,18H,4,9,11H2,1-3H3. The summed E-state index contributed by atoms with van der Waals surface area (Å²) in [4.78, 5) is 5.78. The molecule has 0 aliphatic heterocycles. The fourth-order valence-corrected chi connectivity index (χ4v) is 2.74. The van der Waals surface area contributed by atoms with Gasteiger partial charge in [0.05, 0.1) is 0 Å². The first-order valence-corrected chi connectivity index (χ1v) is 7.91. The number of rotatable bonds is 6. The van der Waals surface area contributed by atoms with E-state index in [9.17, 15) is 0 Å². The van der Waals surface area contributed by atoms with Crippen LogP contribution < -0.4 is 5.32 Å². The van der Waals surface area contributed by atoms with E-state index in [0.29, 0.717) is 0 Å². The van der Waals surface area contributed by atoms with Crippen molar-refractivity contribution in [1.29, 1.82) is 0 Å². The lowest BCUT2D eigenvalue weighted by Crippen LogP contribution is -2.13. The summed E-state index contributed by atoms with van der Waals surface area (Å²) in [6.07, 6.45) is 3.13. The molecular weight excluding hydrogens is 264 g/mol. The van der Waals surface area contributed by atoms with Crippen LogP contribution in [0.3, 0.4) is 0 Å². The minimum absolute atomic E-state index is 0.898. The van der Waals surface area contributed by atoms with E-state index in [2.05, 4.69) is 61.4 Å². The van der Waals surface area contributed by atoms with Gasteiger partial charge in [-0.3, -0.25) is 0 Å². The number of hydrogen-bond donors (Lipinski definition) is 1. The van der Waals surface area contributed by atoms with Gasteiger partial charge >= 0.3 is 0 Å². The van der Waals surface area contributed by atoms with E-state index in [4.69, 9.17) is 0 Å². The van der Waals surface area contributed by atoms with Crippen molar-refractivity contribution in [1.82, 2.24) is 10.3 Å². The number of aryl methyl sites for hydroxylation is 2. The number of benzene rings is 1. The summed E-state index contributed by atoms with van der Waals surface area (Å²) in [5.74, 6) is 0. The van der Waals surface area contributed by atoms with Crippen molar-refractivity contribution in [2.45, 2.75) is 43.7 Å². The van der Waals surface area contributed by atoms with Crippen molar-refractivity contribution >= 4 is 11.8 Å². The highest BCUT2D eigenvalue weighted by Crippen LogP contribution is 2.27. The van der Waals surface area contributed by atoms with E-state index in [1.807, 2.05) is 6.20 Å². The predicted octanol–water partition coefficient (Wildman–Crippen LogP) is 4.35. The summed E-state index contributed by atoms with van der Waals surface area (Å²) in [7, 11) is 0. The summed E-state index contributed by atoms with van der Waals surface area (Å²) in [5.41, 5.74) is 3.90. The molecule has 0 aliphatic rings. The Kier molecular flexibility index (Phi) is 5.62. The molecule has 0 fully saturated rings. The van der Waals surface area contributed by atoms with Gasteiger partial charge in [-0.15, -0.1) is 0 Å². The quantitative estimate of drug-likeness (QED) is 0.799. The van der Waals surface area contributed by atoms with Crippen LogP contribution in [0.4, 0.5) is 0 Å². The average molecular weight is 286 g/mol. The zero-order valence-corrected chi connectivity index (χ0v) is 13.3. The summed E-state index contributed by atoms with van der Waals surface area (Å²) < 4.78 is 0. The van der Waals surface area contributed by atoms with Crippen molar-refractivity contribution < 1.29 is 0 Å². The minimum atomic E-state index is 0.898. The summed E-state index contributed by atoms with van der Waals surface area (Å²) in [6.45, 7) is 8.42. The molecule has 0 radical (unpaired) electrons. The van der Waals surface area contributed by atoms with E-state index in [1.165, 1.54) is 21.6 Å². The molecule has 2 nitrogen and oxygen atoms in total. The fourth-order valence-electron chi connectivity index (χ4n) is 1.88. The van der Waals surface area contributed by atoms with Crippen LogP contribution in [0, 0.1) is 13.8 Å². The molecule has 1 aromatic heterocycles. The van der Waals surface area contributed by atoms with Gasteiger partial charge in [0.2, 0.25) is 0 Å². The third-order valence-corrected chi connectivity index (χ3v) is 4.19. The molecule has 0 atom stereocenters. The van der Waals surface area contributed by atoms with Crippen LogP contribution in [0.5, 0.6) is 0 Å². The normalized spacial score (nSPS) is 10.8. The Morgan fingerprint density at radius 1 is 1.10 bits per heavy atom. The van der Waals surface area contributed by atoms with Crippen LogP contribution in [0.15, 0.2) is 46.5 Å². The van der Waals surface area contributed by atoms with Crippen LogP contribution >= 0.6 is 11.8 Å². The summed E-state index contributed by atoms with van der Waals surface area (Å²) in [6, 6.07) is 10.8. The van der Waals surface area contributed by atoms with E-state index >= 15 is 0 Å². The van der Waals surface area contributed by atoms with Crippen LogP contribution in [-0.2, 0) is 6.54 Å². The van der Waals surface area contributed by atoms with E-state index in [-0.39, 0.29) is 0 Å². The molecular formula is C17H22N2S. The van der Waals surface area contributed by atoms with Crippen molar-refractivity contribution in [3.05, 3.63) is 53.2 Å². The Morgan fingerprint density at radius 2 is 1.95 bits per heavy atom. The maximum absolute atomic E-state index is 4.53. The maximum Gasteiger partial charge on any atom is 0.101 e. The molecule has 1 heterocycles. The second kappa shape index (κ2) is 7.46. The topological polar surface area (TPSA) is 24.9 Å². The minimum Gasteiger partial charge on any atom is -0.313 e. The van der Waals surface area contributed by atoms with E-state index < -0.39 is 0 Å². The van der Waals surface area contributed by atoms with Gasteiger partial charge in [0.25, 0.3) is 0 Å². The van der Waals surface area contributed by atoms with Gasteiger partial charge in [-0.25, -0.2) is 4.98 Å². The Bertz CT molecular complexity index is 549. The molecule has 0 saturated carbocycles. The first-order valence-electron chi connectivity index (χ1n) is 7.10. The highest BCUT2D eigenvalue weighted by Gasteiger charge is 2.01. The van der Waals surface area contributed by atoms with Gasteiger partial charge < -0.3 is 5.32 Å². The lowest BCUT2D eigenvalue weighted by atomic mass is 10.1. The number of nitrogens with one attached hydrogen (secondary N) is 1. The molecule has 106 valence electrons. The van der Waals surface area contributed by atoms with Gasteiger partial charge in [-0.2, -0.15) is 0 Å². The highest BCUT2D eigenvalue weighted by molar-refractivity contribution is 7.99. The van der Waals surface area contributed by atoms with Crippen molar-refractivity contribution in [3.8, 4) is 0 Å². The molecule has 2 rings (SSSR count). The third-order valence-electron chi connectivity index (χ3n) is 3.25. The second-order valence-electron chi connectivity index (χ2n) is 5.03. The lowest BCUT2D eigenvalue weighted by Gasteiger charge is -2.06. The van der Waals surface area contributed by atoms with Crippen LogP contribution in [0.1, 0.15) is 30.0 Å². The van der Waals surface area contributed by atoms with Gasteiger partial charge in [0.15, 0.2) is 0 Å². The van der Waals surface area contributed by atoms with Crippen molar-refractivity contribution in [2.24, 2.45) is 0 Å². The molecule has 0 bridgehead atoms. The Labute approximate surface area is 126 Å². The lowest BCUT2D eigenvalue weighted by molar-refractivity contribution is 0.673. The molecule has 1 aromatic carbocycles. The van der Waals surface area contributed by atoms with E-state index in [1.54, 1.807) is 11.8 Å². The van der Waals surface area contributed by atoms with Gasteiger partial charge in [-0.05, 0) is 61.7 Å². The largest absolute Gasteiger partial charge is 0.313 e. The average Bonchev–Trinajstić information content (AvgIpc) is 2.45. The number of nitrogens with zero attached hydrogens (tertiary/aromatic N) is 1. The van der Waals surface area contributed by atoms with Crippen LogP contribution in [0.25, 0.3) is 0 Å². The van der Waals surface area contributed by atoms with Gasteiger partial charge in [0, 0.05) is 17.6 Å². The zero-order chi connectivity index (χ0) is 14.4. The summed E-state index contributed by atoms with van der Waals surface area (Å²) in [5, 5.41) is 4.44. The van der Waals surface area contributed by atoms with Crippen LogP contribution in [-0.4, -0.2) is 11.5 Å².